The minimum Gasteiger partial charge on any atom is -0.481 e. The molecule has 2 amide bonds. The van der Waals surface area contributed by atoms with Crippen molar-refractivity contribution in [3.05, 3.63) is 74.6 Å². The van der Waals surface area contributed by atoms with Crippen molar-refractivity contribution in [2.75, 3.05) is 10.6 Å². The summed E-state index contributed by atoms with van der Waals surface area (Å²) < 4.78 is 5.82. The summed E-state index contributed by atoms with van der Waals surface area (Å²) in [5.41, 5.74) is 4.71. The van der Waals surface area contributed by atoms with Crippen molar-refractivity contribution in [3.8, 4) is 5.75 Å². The van der Waals surface area contributed by atoms with Crippen LogP contribution in [0.25, 0.3) is 0 Å². The second-order valence-electron chi connectivity index (χ2n) is 11.0. The lowest BCUT2D eigenvalue weighted by Crippen LogP contribution is -2.30. The predicted octanol–water partition coefficient (Wildman–Crippen LogP) is 7.83. The van der Waals surface area contributed by atoms with Gasteiger partial charge in [0.25, 0.3) is 11.8 Å². The van der Waals surface area contributed by atoms with Crippen molar-refractivity contribution >= 4 is 45.4 Å². The van der Waals surface area contributed by atoms with Crippen LogP contribution in [0.15, 0.2) is 42.5 Å². The highest BCUT2D eigenvalue weighted by Crippen LogP contribution is 2.44. The first-order valence-electron chi connectivity index (χ1n) is 12.7. The average molecular weight is 539 g/mol. The third kappa shape index (κ3) is 6.36. The zero-order valence-corrected chi connectivity index (χ0v) is 23.9. The summed E-state index contributed by atoms with van der Waals surface area (Å²) in [6, 6.07) is 12.9. The molecule has 3 aromatic rings. The van der Waals surface area contributed by atoms with Crippen molar-refractivity contribution in [2.24, 2.45) is 11.3 Å². The summed E-state index contributed by atoms with van der Waals surface area (Å²) in [4.78, 5) is 28.0. The maximum atomic E-state index is 13.7. The number of carbonyl (C=O) groups excluding carboxylic acids is 2. The molecule has 0 saturated heterocycles. The molecule has 2 N–H and O–H groups in total. The van der Waals surface area contributed by atoms with Gasteiger partial charge in [-0.25, -0.2) is 0 Å². The summed E-state index contributed by atoms with van der Waals surface area (Å²) in [5.74, 6) is 0.574. The van der Waals surface area contributed by atoms with Gasteiger partial charge in [-0.15, -0.1) is 11.3 Å². The second-order valence-corrected chi connectivity index (χ2v) is 12.5. The lowest BCUT2D eigenvalue weighted by atomic mass is 9.72. The summed E-state index contributed by atoms with van der Waals surface area (Å²) >= 11 is 7.47. The lowest BCUT2D eigenvalue weighted by molar-refractivity contribution is -0.122. The van der Waals surface area contributed by atoms with Gasteiger partial charge in [0.1, 0.15) is 10.8 Å². The van der Waals surface area contributed by atoms with Crippen LogP contribution >= 0.6 is 22.9 Å². The van der Waals surface area contributed by atoms with E-state index in [9.17, 15) is 9.59 Å². The number of hydrogen-bond acceptors (Lipinski definition) is 4. The summed E-state index contributed by atoms with van der Waals surface area (Å²) in [5, 5.41) is 7.28. The number of amides is 2. The Bertz CT molecular complexity index is 1310. The first-order chi connectivity index (χ1) is 17.4. The Morgan fingerprint density at radius 3 is 2.43 bits per heavy atom. The summed E-state index contributed by atoms with van der Waals surface area (Å²) in [6.45, 7) is 12.5. The van der Waals surface area contributed by atoms with E-state index in [1.165, 1.54) is 16.2 Å². The van der Waals surface area contributed by atoms with Gasteiger partial charge in [-0.1, -0.05) is 50.1 Å². The molecule has 0 aliphatic heterocycles. The van der Waals surface area contributed by atoms with Gasteiger partial charge < -0.3 is 15.4 Å². The Morgan fingerprint density at radius 2 is 1.78 bits per heavy atom. The zero-order valence-electron chi connectivity index (χ0n) is 22.3. The fourth-order valence-electron chi connectivity index (χ4n) is 4.78. The Morgan fingerprint density at radius 1 is 1.08 bits per heavy atom. The van der Waals surface area contributed by atoms with E-state index in [2.05, 4.69) is 31.4 Å². The van der Waals surface area contributed by atoms with Crippen molar-refractivity contribution in [1.82, 2.24) is 0 Å². The Kier molecular flexibility index (Phi) is 8.00. The van der Waals surface area contributed by atoms with E-state index in [1.807, 2.05) is 32.0 Å². The monoisotopic (exact) mass is 538 g/mol. The van der Waals surface area contributed by atoms with Gasteiger partial charge in [0.2, 0.25) is 0 Å². The number of fused-ring (bicyclic) bond motifs is 1. The topological polar surface area (TPSA) is 67.4 Å². The number of hydrogen-bond donors (Lipinski definition) is 2. The highest BCUT2D eigenvalue weighted by Gasteiger charge is 2.34. The minimum absolute atomic E-state index is 0.174. The first kappa shape index (κ1) is 27.2. The molecule has 7 heteroatoms. The molecule has 2 unspecified atom stereocenters. The fourth-order valence-corrected chi connectivity index (χ4v) is 6.23. The molecule has 0 bridgehead atoms. The molecule has 0 fully saturated rings. The van der Waals surface area contributed by atoms with Gasteiger partial charge >= 0.3 is 0 Å². The molecule has 0 saturated carbocycles. The standard InChI is InChI=1S/C30H35ClN2O3S/c1-17-7-14-24(18(2)15-17)32-28(35)26-23-13-8-20(30(4,5)6)16-25(23)37-29(26)33-27(34)19(3)36-22-11-9-21(31)10-12-22/h7,9-12,14-15,19-20H,8,13,16H2,1-6H3,(H,32,35)(H,33,34). The molecular formula is C30H35ClN2O3S. The number of thiophene rings is 1. The number of carbonyl (C=O) groups is 2. The Balaban J connectivity index is 1.62. The third-order valence-corrected chi connectivity index (χ3v) is 8.50. The van der Waals surface area contributed by atoms with E-state index in [1.54, 1.807) is 31.2 Å². The second kappa shape index (κ2) is 10.9. The maximum Gasteiger partial charge on any atom is 0.265 e. The van der Waals surface area contributed by atoms with Gasteiger partial charge in [0.05, 0.1) is 5.56 Å². The van der Waals surface area contributed by atoms with E-state index in [0.717, 1.165) is 41.6 Å². The molecule has 1 aliphatic carbocycles. The molecule has 2 aromatic carbocycles. The van der Waals surface area contributed by atoms with E-state index in [4.69, 9.17) is 16.3 Å². The van der Waals surface area contributed by atoms with E-state index < -0.39 is 6.10 Å². The molecule has 2 atom stereocenters. The Labute approximate surface area is 228 Å². The largest absolute Gasteiger partial charge is 0.481 e. The molecule has 0 spiro atoms. The number of benzene rings is 2. The van der Waals surface area contributed by atoms with Crippen LogP contribution in [0.5, 0.6) is 5.75 Å². The molecule has 37 heavy (non-hydrogen) atoms. The molecule has 4 rings (SSSR count). The normalized spacial score (nSPS) is 16.0. The molecule has 5 nitrogen and oxygen atoms in total. The van der Waals surface area contributed by atoms with Gasteiger partial charge in [0, 0.05) is 15.6 Å². The lowest BCUT2D eigenvalue weighted by Gasteiger charge is -2.33. The van der Waals surface area contributed by atoms with Crippen LogP contribution in [0.1, 0.15) is 66.0 Å². The average Bonchev–Trinajstić information content (AvgIpc) is 3.18. The highest BCUT2D eigenvalue weighted by molar-refractivity contribution is 7.17. The van der Waals surface area contributed by atoms with Crippen LogP contribution in [0.4, 0.5) is 10.7 Å². The van der Waals surface area contributed by atoms with Crippen LogP contribution in [0, 0.1) is 25.2 Å². The maximum absolute atomic E-state index is 13.7. The number of ether oxygens (including phenoxy) is 1. The van der Waals surface area contributed by atoms with Gasteiger partial charge in [-0.05, 0) is 92.8 Å². The highest BCUT2D eigenvalue weighted by atomic mass is 35.5. The molecule has 1 heterocycles. The molecule has 0 radical (unpaired) electrons. The van der Waals surface area contributed by atoms with Gasteiger partial charge in [-0.3, -0.25) is 9.59 Å². The third-order valence-electron chi connectivity index (χ3n) is 7.08. The Hall–Kier alpha value is -2.83. The summed E-state index contributed by atoms with van der Waals surface area (Å²) in [6.07, 6.45) is 1.98. The minimum atomic E-state index is -0.752. The molecular weight excluding hydrogens is 504 g/mol. The van der Waals surface area contributed by atoms with Crippen LogP contribution in [-0.4, -0.2) is 17.9 Å². The quantitative estimate of drug-likeness (QED) is 0.336. The SMILES string of the molecule is Cc1ccc(NC(=O)c2c(NC(=O)C(C)Oc3ccc(Cl)cc3)sc3c2CCC(C(C)(C)C)C3)c(C)c1. The number of anilines is 2. The van der Waals surface area contributed by atoms with Crippen molar-refractivity contribution < 1.29 is 14.3 Å². The van der Waals surface area contributed by atoms with Crippen molar-refractivity contribution in [3.63, 3.8) is 0 Å². The molecule has 1 aromatic heterocycles. The van der Waals surface area contributed by atoms with Crippen LogP contribution in [0.3, 0.4) is 0 Å². The number of halogens is 1. The molecule has 196 valence electrons. The van der Waals surface area contributed by atoms with Crippen LogP contribution in [0.2, 0.25) is 5.02 Å². The number of aryl methyl sites for hydroxylation is 2. The van der Waals surface area contributed by atoms with Gasteiger partial charge in [-0.2, -0.15) is 0 Å². The van der Waals surface area contributed by atoms with Crippen LogP contribution in [-0.2, 0) is 17.6 Å². The van der Waals surface area contributed by atoms with E-state index >= 15 is 0 Å². The summed E-state index contributed by atoms with van der Waals surface area (Å²) in [7, 11) is 0. The fraction of sp³-hybridized carbons (Fsp3) is 0.400. The predicted molar refractivity (Wildman–Crippen MR) is 153 cm³/mol. The molecule has 1 aliphatic rings. The van der Waals surface area contributed by atoms with E-state index in [0.29, 0.717) is 27.3 Å². The smallest absolute Gasteiger partial charge is 0.265 e. The number of nitrogens with one attached hydrogen (secondary N) is 2. The number of rotatable bonds is 6. The van der Waals surface area contributed by atoms with Gasteiger partial charge in [0.15, 0.2) is 6.10 Å². The van der Waals surface area contributed by atoms with E-state index in [-0.39, 0.29) is 17.2 Å². The van der Waals surface area contributed by atoms with Crippen LogP contribution < -0.4 is 15.4 Å². The first-order valence-corrected chi connectivity index (χ1v) is 13.9. The zero-order chi connectivity index (χ0) is 26.9. The van der Waals surface area contributed by atoms with Crippen molar-refractivity contribution in [1.29, 1.82) is 0 Å². The van der Waals surface area contributed by atoms with Crippen molar-refractivity contribution in [2.45, 2.75) is 66.9 Å².